The van der Waals surface area contributed by atoms with Gasteiger partial charge in [-0.1, -0.05) is 37.3 Å². The number of nitrogens with one attached hydrogen (secondary N) is 3. The van der Waals surface area contributed by atoms with Crippen LogP contribution in [0.3, 0.4) is 0 Å². The van der Waals surface area contributed by atoms with Crippen molar-refractivity contribution in [3.63, 3.8) is 0 Å². The zero-order valence-corrected chi connectivity index (χ0v) is 22.2. The third-order valence-corrected chi connectivity index (χ3v) is 7.33. The van der Waals surface area contributed by atoms with E-state index in [-0.39, 0.29) is 35.5 Å². The number of amides is 1. The molecule has 204 valence electrons. The highest BCUT2D eigenvalue weighted by atomic mass is 32.2. The number of anilines is 1. The number of hydrogen-bond acceptors (Lipinski definition) is 5. The van der Waals surface area contributed by atoms with Gasteiger partial charge in [0.2, 0.25) is 10.0 Å². The van der Waals surface area contributed by atoms with Crippen LogP contribution in [0.2, 0.25) is 0 Å². The van der Waals surface area contributed by atoms with Crippen molar-refractivity contribution in [2.24, 2.45) is 0 Å². The SMILES string of the molecule is CCc1cccc(CNC[C@@H](O)[C@H](Cc2cc(F)cc(F)c2)NC(=O)c2cccc(NS(=O)(=O)CC)c2)c1. The third kappa shape index (κ3) is 8.90. The maximum atomic E-state index is 13.8. The monoisotopic (exact) mass is 545 g/mol. The molecule has 4 N–H and O–H groups in total. The van der Waals surface area contributed by atoms with Crippen molar-refractivity contribution < 1.29 is 27.1 Å². The lowest BCUT2D eigenvalue weighted by Crippen LogP contribution is -2.48. The zero-order valence-electron chi connectivity index (χ0n) is 21.4. The molecule has 0 aliphatic carbocycles. The van der Waals surface area contributed by atoms with Gasteiger partial charge in [-0.25, -0.2) is 17.2 Å². The minimum Gasteiger partial charge on any atom is -0.390 e. The van der Waals surface area contributed by atoms with Crippen molar-refractivity contribution in [1.82, 2.24) is 10.6 Å². The first-order chi connectivity index (χ1) is 18.1. The maximum Gasteiger partial charge on any atom is 0.251 e. The van der Waals surface area contributed by atoms with Crippen molar-refractivity contribution in [3.8, 4) is 0 Å². The summed E-state index contributed by atoms with van der Waals surface area (Å²) < 4.78 is 53.8. The van der Waals surface area contributed by atoms with Gasteiger partial charge >= 0.3 is 0 Å². The second-order valence-electron chi connectivity index (χ2n) is 9.02. The molecule has 0 aromatic heterocycles. The lowest BCUT2D eigenvalue weighted by atomic mass is 10.00. The zero-order chi connectivity index (χ0) is 27.7. The maximum absolute atomic E-state index is 13.8. The third-order valence-electron chi connectivity index (χ3n) is 6.02. The van der Waals surface area contributed by atoms with E-state index in [2.05, 4.69) is 28.3 Å². The lowest BCUT2D eigenvalue weighted by molar-refractivity contribution is 0.0830. The first-order valence-electron chi connectivity index (χ1n) is 12.4. The van der Waals surface area contributed by atoms with E-state index in [0.717, 1.165) is 30.2 Å². The molecule has 0 aliphatic heterocycles. The Morgan fingerprint density at radius 3 is 2.29 bits per heavy atom. The Morgan fingerprint density at radius 1 is 0.921 bits per heavy atom. The molecule has 0 saturated carbocycles. The van der Waals surface area contributed by atoms with E-state index in [1.807, 2.05) is 18.2 Å². The van der Waals surface area contributed by atoms with Gasteiger partial charge in [-0.3, -0.25) is 9.52 Å². The predicted octanol–water partition coefficient (Wildman–Crippen LogP) is 3.78. The van der Waals surface area contributed by atoms with Crippen molar-refractivity contribution in [3.05, 3.63) is 101 Å². The molecule has 3 aromatic carbocycles. The van der Waals surface area contributed by atoms with E-state index in [1.54, 1.807) is 0 Å². The Bertz CT molecular complexity index is 1330. The van der Waals surface area contributed by atoms with Crippen molar-refractivity contribution in [2.75, 3.05) is 17.0 Å². The van der Waals surface area contributed by atoms with Gasteiger partial charge in [0.05, 0.1) is 17.9 Å². The molecule has 0 radical (unpaired) electrons. The van der Waals surface area contributed by atoms with Crippen LogP contribution >= 0.6 is 0 Å². The number of carbonyl (C=O) groups excluding carboxylic acids is 1. The van der Waals surface area contributed by atoms with Crippen LogP contribution in [-0.2, 0) is 29.4 Å². The number of aliphatic hydroxyl groups excluding tert-OH is 1. The molecule has 0 bridgehead atoms. The molecule has 0 spiro atoms. The molecule has 0 heterocycles. The number of carbonyl (C=O) groups is 1. The van der Waals surface area contributed by atoms with E-state index in [1.165, 1.54) is 36.8 Å². The van der Waals surface area contributed by atoms with E-state index in [0.29, 0.717) is 6.54 Å². The fourth-order valence-corrected chi connectivity index (χ4v) is 4.59. The number of hydrogen-bond donors (Lipinski definition) is 4. The highest BCUT2D eigenvalue weighted by Gasteiger charge is 2.23. The van der Waals surface area contributed by atoms with E-state index in [4.69, 9.17) is 0 Å². The van der Waals surface area contributed by atoms with Gasteiger partial charge in [0.1, 0.15) is 11.6 Å². The van der Waals surface area contributed by atoms with Crippen LogP contribution in [0.25, 0.3) is 0 Å². The minimum atomic E-state index is -3.54. The number of aliphatic hydroxyl groups is 1. The van der Waals surface area contributed by atoms with Gasteiger partial charge in [-0.15, -0.1) is 0 Å². The molecular weight excluding hydrogens is 512 g/mol. The number of sulfonamides is 1. The summed E-state index contributed by atoms with van der Waals surface area (Å²) in [6, 6.07) is 16.1. The summed E-state index contributed by atoms with van der Waals surface area (Å²) in [6.07, 6.45) is -0.228. The average molecular weight is 546 g/mol. The number of benzene rings is 3. The fourth-order valence-electron chi connectivity index (χ4n) is 3.96. The van der Waals surface area contributed by atoms with E-state index in [9.17, 15) is 27.1 Å². The predicted molar refractivity (Wildman–Crippen MR) is 144 cm³/mol. The lowest BCUT2D eigenvalue weighted by Gasteiger charge is -2.25. The van der Waals surface area contributed by atoms with Crippen LogP contribution in [0.4, 0.5) is 14.5 Å². The summed E-state index contributed by atoms with van der Waals surface area (Å²) in [7, 11) is -3.54. The van der Waals surface area contributed by atoms with Crippen LogP contribution in [0.15, 0.2) is 66.7 Å². The molecular formula is C28H33F2N3O4S. The topological polar surface area (TPSA) is 108 Å². The number of aryl methyl sites for hydroxylation is 1. The second-order valence-corrected chi connectivity index (χ2v) is 11.0. The van der Waals surface area contributed by atoms with Crippen molar-refractivity contribution in [2.45, 2.75) is 45.4 Å². The van der Waals surface area contributed by atoms with Gasteiger partial charge in [0.15, 0.2) is 0 Å². The summed E-state index contributed by atoms with van der Waals surface area (Å²) in [4.78, 5) is 13.1. The molecule has 0 fully saturated rings. The Hall–Kier alpha value is -3.34. The largest absolute Gasteiger partial charge is 0.390 e. The molecule has 0 aliphatic rings. The van der Waals surface area contributed by atoms with Crippen LogP contribution < -0.4 is 15.4 Å². The number of rotatable bonds is 13. The fraction of sp³-hybridized carbons (Fsp3) is 0.321. The molecule has 1 amide bonds. The average Bonchev–Trinajstić information content (AvgIpc) is 2.87. The Labute approximate surface area is 222 Å². The molecule has 38 heavy (non-hydrogen) atoms. The molecule has 0 unspecified atom stereocenters. The van der Waals surface area contributed by atoms with Gasteiger partial charge in [-0.05, 0) is 66.8 Å². The molecule has 3 aromatic rings. The Morgan fingerprint density at radius 2 is 1.61 bits per heavy atom. The van der Waals surface area contributed by atoms with Crippen LogP contribution in [-0.4, -0.2) is 43.9 Å². The summed E-state index contributed by atoms with van der Waals surface area (Å²) in [5.74, 6) is -2.22. The van der Waals surface area contributed by atoms with Gasteiger partial charge in [-0.2, -0.15) is 0 Å². The van der Waals surface area contributed by atoms with Gasteiger partial charge in [0.25, 0.3) is 5.91 Å². The highest BCUT2D eigenvalue weighted by molar-refractivity contribution is 7.92. The molecule has 0 saturated heterocycles. The smallest absolute Gasteiger partial charge is 0.251 e. The second kappa shape index (κ2) is 13.5. The summed E-state index contributed by atoms with van der Waals surface area (Å²) in [5.41, 5.74) is 2.88. The quantitative estimate of drug-likeness (QED) is 0.262. The van der Waals surface area contributed by atoms with Crippen molar-refractivity contribution in [1.29, 1.82) is 0 Å². The summed E-state index contributed by atoms with van der Waals surface area (Å²) in [5, 5.41) is 16.9. The summed E-state index contributed by atoms with van der Waals surface area (Å²) in [6.45, 7) is 4.15. The van der Waals surface area contributed by atoms with Gasteiger partial charge < -0.3 is 15.7 Å². The van der Waals surface area contributed by atoms with Crippen molar-refractivity contribution >= 4 is 21.6 Å². The standard InChI is InChI=1S/C28H33F2N3O4S/c1-3-19-7-5-8-20(11-19)17-31-18-27(34)26(14-21-12-23(29)16-24(30)13-21)32-28(35)22-9-6-10-25(15-22)33-38(36,37)4-2/h5-13,15-16,26-27,31,33-34H,3-4,14,17-18H2,1-2H3,(H,32,35)/t26-,27+/m0/s1. The minimum absolute atomic E-state index is 0.0310. The normalized spacial score (nSPS) is 13.1. The first-order valence-corrected chi connectivity index (χ1v) is 14.1. The highest BCUT2D eigenvalue weighted by Crippen LogP contribution is 2.15. The summed E-state index contributed by atoms with van der Waals surface area (Å²) >= 11 is 0. The first kappa shape index (κ1) is 29.2. The Balaban J connectivity index is 1.75. The number of halogens is 2. The van der Waals surface area contributed by atoms with E-state index >= 15 is 0 Å². The molecule has 7 nitrogen and oxygen atoms in total. The molecule has 10 heteroatoms. The van der Waals surface area contributed by atoms with Crippen LogP contribution in [0.1, 0.15) is 40.9 Å². The molecule has 3 rings (SSSR count). The van der Waals surface area contributed by atoms with E-state index < -0.39 is 39.7 Å². The van der Waals surface area contributed by atoms with Gasteiger partial charge in [0, 0.05) is 30.4 Å². The van der Waals surface area contributed by atoms with Crippen LogP contribution in [0, 0.1) is 11.6 Å². The Kier molecular flexibility index (Phi) is 10.3. The molecule has 2 atom stereocenters. The van der Waals surface area contributed by atoms with Crippen LogP contribution in [0.5, 0.6) is 0 Å².